The monoisotopic (exact) mass is 292 g/mol. The van der Waals surface area contributed by atoms with E-state index in [1.165, 1.54) is 0 Å². The lowest BCUT2D eigenvalue weighted by Crippen LogP contribution is -2.46. The number of rotatable bonds is 6. The molecule has 0 aromatic carbocycles. The van der Waals surface area contributed by atoms with E-state index >= 15 is 0 Å². The number of carbonyl (C=O) groups is 1. The quantitative estimate of drug-likeness (QED) is 0.725. The van der Waals surface area contributed by atoms with Crippen LogP contribution in [-0.4, -0.2) is 38.5 Å². The molecule has 0 aliphatic rings. The Morgan fingerprint density at radius 1 is 1.37 bits per heavy atom. The normalized spacial score (nSPS) is 13.7. The summed E-state index contributed by atoms with van der Waals surface area (Å²) in [5.41, 5.74) is 0.0387. The van der Waals surface area contributed by atoms with E-state index < -0.39 is 27.8 Å². The number of amides is 1. The summed E-state index contributed by atoms with van der Waals surface area (Å²) in [5.74, 6) is -0.0116. The molecule has 0 aromatic heterocycles. The summed E-state index contributed by atoms with van der Waals surface area (Å²) in [6, 6.07) is -0.504. The first-order chi connectivity index (χ1) is 8.47. The number of nitrogens with one attached hydrogen (secondary N) is 2. The van der Waals surface area contributed by atoms with Crippen molar-refractivity contribution in [2.75, 3.05) is 12.3 Å². The fourth-order valence-electron chi connectivity index (χ4n) is 1.11. The van der Waals surface area contributed by atoms with Gasteiger partial charge in [-0.05, 0) is 34.6 Å². The molecule has 0 fully saturated rings. The van der Waals surface area contributed by atoms with Crippen LogP contribution in [-0.2, 0) is 14.8 Å². The molecule has 7 heteroatoms. The summed E-state index contributed by atoms with van der Waals surface area (Å²) in [5, 5.41) is 2.58. The minimum Gasteiger partial charge on any atom is -0.444 e. The van der Waals surface area contributed by atoms with Crippen LogP contribution in [0.5, 0.6) is 0 Å². The molecular weight excluding hydrogens is 268 g/mol. The summed E-state index contributed by atoms with van der Waals surface area (Å²) < 4.78 is 30.2. The second-order valence-corrected chi connectivity index (χ2v) is 7.39. The van der Waals surface area contributed by atoms with E-state index in [1.54, 1.807) is 34.6 Å². The topological polar surface area (TPSA) is 84.5 Å². The first-order valence-corrected chi connectivity index (χ1v) is 7.74. The van der Waals surface area contributed by atoms with E-state index in [0.717, 1.165) is 0 Å². The lowest BCUT2D eigenvalue weighted by molar-refractivity contribution is 0.0512. The van der Waals surface area contributed by atoms with Crippen LogP contribution in [0.3, 0.4) is 0 Å². The van der Waals surface area contributed by atoms with Crippen molar-refractivity contribution in [2.24, 2.45) is 0 Å². The number of hydrogen-bond acceptors (Lipinski definition) is 4. The third kappa shape index (κ3) is 8.61. The Labute approximate surface area is 115 Å². The summed E-state index contributed by atoms with van der Waals surface area (Å²) in [4.78, 5) is 11.6. The predicted molar refractivity (Wildman–Crippen MR) is 75.4 cm³/mol. The van der Waals surface area contributed by atoms with Crippen molar-refractivity contribution in [3.05, 3.63) is 12.2 Å². The molecule has 112 valence electrons. The van der Waals surface area contributed by atoms with Gasteiger partial charge in [0, 0.05) is 6.54 Å². The highest BCUT2D eigenvalue weighted by molar-refractivity contribution is 7.89. The molecule has 0 spiro atoms. The Hall–Kier alpha value is -1.08. The van der Waals surface area contributed by atoms with E-state index in [-0.39, 0.29) is 12.3 Å². The molecule has 1 atom stereocenters. The Kier molecular flexibility index (Phi) is 6.51. The van der Waals surface area contributed by atoms with E-state index in [2.05, 4.69) is 16.6 Å². The van der Waals surface area contributed by atoms with Gasteiger partial charge in [0.15, 0.2) is 0 Å². The van der Waals surface area contributed by atoms with E-state index in [9.17, 15) is 13.2 Å². The second kappa shape index (κ2) is 6.91. The summed E-state index contributed by atoms with van der Waals surface area (Å²) in [6.07, 6.45) is -0.601. The molecule has 6 nitrogen and oxygen atoms in total. The zero-order valence-electron chi connectivity index (χ0n) is 12.2. The molecule has 0 bridgehead atoms. The average Bonchev–Trinajstić information content (AvgIpc) is 2.21. The molecule has 0 unspecified atom stereocenters. The fourth-order valence-corrected chi connectivity index (χ4v) is 1.74. The van der Waals surface area contributed by atoms with Crippen molar-refractivity contribution in [3.63, 3.8) is 0 Å². The molecule has 0 rings (SSSR count). The minimum absolute atomic E-state index is 0.0116. The molecule has 0 aliphatic heterocycles. The third-order valence-corrected chi connectivity index (χ3v) is 3.54. The van der Waals surface area contributed by atoms with Crippen molar-refractivity contribution in [1.82, 2.24) is 10.0 Å². The number of carbonyl (C=O) groups excluding carboxylic acids is 1. The molecule has 1 amide bonds. The second-order valence-electron chi connectivity index (χ2n) is 5.30. The fraction of sp³-hybridized carbons (Fsp3) is 0.750. The molecule has 0 heterocycles. The van der Waals surface area contributed by atoms with E-state index in [4.69, 9.17) is 4.74 Å². The van der Waals surface area contributed by atoms with Gasteiger partial charge in [0.05, 0.1) is 11.8 Å². The van der Waals surface area contributed by atoms with Gasteiger partial charge in [-0.2, -0.15) is 0 Å². The maximum absolute atomic E-state index is 11.6. The smallest absolute Gasteiger partial charge is 0.408 e. The Morgan fingerprint density at radius 2 is 1.89 bits per heavy atom. The SMILES string of the molecule is C=C(C)[C@@H](CNS(=O)(=O)CC)NC(=O)OC(C)(C)C. The lowest BCUT2D eigenvalue weighted by Gasteiger charge is -2.24. The highest BCUT2D eigenvalue weighted by atomic mass is 32.2. The average molecular weight is 292 g/mol. The van der Waals surface area contributed by atoms with Crippen LogP contribution < -0.4 is 10.0 Å². The zero-order chi connectivity index (χ0) is 15.3. The summed E-state index contributed by atoms with van der Waals surface area (Å²) in [6.45, 7) is 12.3. The van der Waals surface area contributed by atoms with Crippen molar-refractivity contribution >= 4 is 16.1 Å². The first kappa shape index (κ1) is 17.9. The lowest BCUT2D eigenvalue weighted by atomic mass is 10.1. The highest BCUT2D eigenvalue weighted by Gasteiger charge is 2.20. The van der Waals surface area contributed by atoms with Crippen molar-refractivity contribution in [1.29, 1.82) is 0 Å². The number of sulfonamides is 1. The molecule has 0 saturated carbocycles. The molecule has 2 N–H and O–H groups in total. The Morgan fingerprint density at radius 3 is 2.26 bits per heavy atom. The van der Waals surface area contributed by atoms with Gasteiger partial charge >= 0.3 is 6.09 Å². The van der Waals surface area contributed by atoms with Crippen LogP contribution in [0.25, 0.3) is 0 Å². The van der Waals surface area contributed by atoms with Gasteiger partial charge in [-0.1, -0.05) is 12.2 Å². The van der Waals surface area contributed by atoms with Gasteiger partial charge in [0.2, 0.25) is 10.0 Å². The number of hydrogen-bond donors (Lipinski definition) is 2. The van der Waals surface area contributed by atoms with E-state index in [0.29, 0.717) is 5.57 Å². The highest BCUT2D eigenvalue weighted by Crippen LogP contribution is 2.07. The third-order valence-electron chi connectivity index (χ3n) is 2.17. The summed E-state index contributed by atoms with van der Waals surface area (Å²) >= 11 is 0. The number of ether oxygens (including phenoxy) is 1. The van der Waals surface area contributed by atoms with Crippen LogP contribution in [0.4, 0.5) is 4.79 Å². The van der Waals surface area contributed by atoms with Crippen LogP contribution in [0.15, 0.2) is 12.2 Å². The van der Waals surface area contributed by atoms with Crippen LogP contribution >= 0.6 is 0 Å². The molecule has 0 aromatic rings. The van der Waals surface area contributed by atoms with Crippen molar-refractivity contribution < 1.29 is 17.9 Å². The van der Waals surface area contributed by atoms with Crippen LogP contribution in [0, 0.1) is 0 Å². The van der Waals surface area contributed by atoms with Gasteiger partial charge in [-0.3, -0.25) is 0 Å². The Bertz CT molecular complexity index is 424. The molecule has 0 aliphatic carbocycles. The molecule has 0 radical (unpaired) electrons. The Balaban J connectivity index is 4.52. The summed E-state index contributed by atoms with van der Waals surface area (Å²) in [7, 11) is -3.30. The number of alkyl carbamates (subject to hydrolysis) is 1. The molecule has 19 heavy (non-hydrogen) atoms. The van der Waals surface area contributed by atoms with E-state index in [1.807, 2.05) is 0 Å². The van der Waals surface area contributed by atoms with Gasteiger partial charge in [-0.15, -0.1) is 0 Å². The van der Waals surface area contributed by atoms with Gasteiger partial charge in [0.25, 0.3) is 0 Å². The van der Waals surface area contributed by atoms with Crippen molar-refractivity contribution in [2.45, 2.75) is 46.3 Å². The largest absolute Gasteiger partial charge is 0.444 e. The zero-order valence-corrected chi connectivity index (χ0v) is 13.1. The predicted octanol–water partition coefficient (Wildman–Crippen LogP) is 1.40. The van der Waals surface area contributed by atoms with Crippen LogP contribution in [0.2, 0.25) is 0 Å². The van der Waals surface area contributed by atoms with Gasteiger partial charge in [0.1, 0.15) is 5.60 Å². The maximum Gasteiger partial charge on any atom is 0.408 e. The standard InChI is InChI=1S/C12H24N2O4S/c1-7-19(16,17)13-8-10(9(2)3)14-11(15)18-12(4,5)6/h10,13H,2,7-8H2,1,3-6H3,(H,14,15)/t10-/m1/s1. The maximum atomic E-state index is 11.6. The van der Waals surface area contributed by atoms with Crippen LogP contribution in [0.1, 0.15) is 34.6 Å². The minimum atomic E-state index is -3.30. The van der Waals surface area contributed by atoms with Crippen molar-refractivity contribution in [3.8, 4) is 0 Å². The first-order valence-electron chi connectivity index (χ1n) is 6.09. The molecular formula is C12H24N2O4S. The van der Waals surface area contributed by atoms with Gasteiger partial charge < -0.3 is 10.1 Å². The van der Waals surface area contributed by atoms with Gasteiger partial charge in [-0.25, -0.2) is 17.9 Å². The molecule has 0 saturated heterocycles.